The summed E-state index contributed by atoms with van der Waals surface area (Å²) < 4.78 is 0. The molecule has 1 N–H and O–H groups in total. The van der Waals surface area contributed by atoms with Gasteiger partial charge in [0, 0.05) is 19.8 Å². The maximum atomic E-state index is 11.2. The van der Waals surface area contributed by atoms with Gasteiger partial charge in [0.05, 0.1) is 6.04 Å². The summed E-state index contributed by atoms with van der Waals surface area (Å²) in [5.41, 5.74) is 0. The van der Waals surface area contributed by atoms with Crippen molar-refractivity contribution < 1.29 is 14.4 Å². The van der Waals surface area contributed by atoms with Gasteiger partial charge >= 0.3 is 0 Å². The van der Waals surface area contributed by atoms with Crippen LogP contribution in [0.4, 0.5) is 0 Å². The predicted octanol–water partition coefficient (Wildman–Crippen LogP) is 0.839. The molecule has 80 valence electrons. The maximum absolute atomic E-state index is 11.2. The number of carbonyl (C=O) groups is 3. The minimum atomic E-state index is -0.647. The van der Waals surface area contributed by atoms with Crippen molar-refractivity contribution in [3.05, 3.63) is 0 Å². The van der Waals surface area contributed by atoms with Crippen LogP contribution < -0.4 is 5.32 Å². The van der Waals surface area contributed by atoms with Crippen LogP contribution in [0.15, 0.2) is 0 Å². The van der Waals surface area contributed by atoms with E-state index in [1.54, 1.807) is 0 Å². The van der Waals surface area contributed by atoms with Gasteiger partial charge in [-0.2, -0.15) is 0 Å². The second-order valence-corrected chi connectivity index (χ2v) is 3.36. The van der Waals surface area contributed by atoms with Crippen LogP contribution in [0.25, 0.3) is 0 Å². The van der Waals surface area contributed by atoms with Crippen LogP contribution in [0.2, 0.25) is 0 Å². The topological polar surface area (TPSA) is 63.2 Å². The monoisotopic (exact) mass is 199 g/mol. The average Bonchev–Trinajstić information content (AvgIpc) is 2.02. The molecule has 0 aliphatic carbocycles. The zero-order valence-corrected chi connectivity index (χ0v) is 8.92. The summed E-state index contributed by atoms with van der Waals surface area (Å²) >= 11 is 0. The Labute approximate surface area is 84.1 Å². The first kappa shape index (κ1) is 12.8. The van der Waals surface area contributed by atoms with E-state index in [2.05, 4.69) is 5.32 Å². The highest BCUT2D eigenvalue weighted by molar-refractivity contribution is 5.91. The van der Waals surface area contributed by atoms with Gasteiger partial charge in [-0.05, 0) is 13.3 Å². The Morgan fingerprint density at radius 1 is 1.21 bits per heavy atom. The summed E-state index contributed by atoms with van der Waals surface area (Å²) in [6.07, 6.45) is 1.34. The van der Waals surface area contributed by atoms with Crippen molar-refractivity contribution in [2.45, 2.75) is 46.1 Å². The molecule has 1 unspecified atom stereocenters. The Hall–Kier alpha value is -1.19. The van der Waals surface area contributed by atoms with Gasteiger partial charge < -0.3 is 5.32 Å². The molecule has 14 heavy (non-hydrogen) atoms. The Kier molecular flexibility index (Phi) is 5.76. The van der Waals surface area contributed by atoms with E-state index in [9.17, 15) is 14.4 Å². The van der Waals surface area contributed by atoms with Crippen LogP contribution in [0.1, 0.15) is 40.0 Å². The number of rotatable bonds is 6. The average molecular weight is 199 g/mol. The number of hydrogen-bond donors (Lipinski definition) is 1. The Bertz CT molecular complexity index is 236. The smallest absolute Gasteiger partial charge is 0.217 e. The molecule has 0 saturated heterocycles. The quantitative estimate of drug-likeness (QED) is 0.689. The Morgan fingerprint density at radius 3 is 2.14 bits per heavy atom. The van der Waals surface area contributed by atoms with Crippen LogP contribution in [0.5, 0.6) is 0 Å². The van der Waals surface area contributed by atoms with Crippen molar-refractivity contribution in [3.8, 4) is 0 Å². The van der Waals surface area contributed by atoms with Crippen molar-refractivity contribution in [3.63, 3.8) is 0 Å². The number of Topliss-reactive ketones (excluding diaryl/α,β-unsaturated/α-hetero) is 2. The molecule has 0 heterocycles. The van der Waals surface area contributed by atoms with Crippen molar-refractivity contribution >= 4 is 17.5 Å². The first-order valence-corrected chi connectivity index (χ1v) is 4.76. The second-order valence-electron chi connectivity index (χ2n) is 3.36. The third-order valence-corrected chi connectivity index (χ3v) is 1.83. The van der Waals surface area contributed by atoms with Crippen LogP contribution >= 0.6 is 0 Å². The summed E-state index contributed by atoms with van der Waals surface area (Å²) in [6.45, 7) is 4.61. The first-order chi connectivity index (χ1) is 6.47. The van der Waals surface area contributed by atoms with Crippen LogP contribution in [0, 0.1) is 0 Å². The lowest BCUT2D eigenvalue weighted by molar-refractivity contribution is -0.128. The van der Waals surface area contributed by atoms with E-state index in [1.165, 1.54) is 13.8 Å². The predicted molar refractivity (Wildman–Crippen MR) is 52.8 cm³/mol. The molecule has 0 aromatic rings. The molecule has 0 spiro atoms. The van der Waals surface area contributed by atoms with Gasteiger partial charge in [0.1, 0.15) is 5.78 Å². The van der Waals surface area contributed by atoms with Crippen molar-refractivity contribution in [1.29, 1.82) is 0 Å². The number of nitrogens with one attached hydrogen (secondary N) is 1. The molecule has 0 aliphatic rings. The van der Waals surface area contributed by atoms with Crippen LogP contribution in [0.3, 0.4) is 0 Å². The fourth-order valence-corrected chi connectivity index (χ4v) is 1.15. The van der Waals surface area contributed by atoms with E-state index < -0.39 is 6.04 Å². The van der Waals surface area contributed by atoms with Crippen molar-refractivity contribution in [2.24, 2.45) is 0 Å². The SMILES string of the molecule is CCCC(=O)CC(NC(C)=O)C(C)=O. The van der Waals surface area contributed by atoms with Gasteiger partial charge in [-0.25, -0.2) is 0 Å². The van der Waals surface area contributed by atoms with Crippen molar-refractivity contribution in [1.82, 2.24) is 5.32 Å². The van der Waals surface area contributed by atoms with Gasteiger partial charge in [0.2, 0.25) is 5.91 Å². The number of carbonyl (C=O) groups excluding carboxylic acids is 3. The fourth-order valence-electron chi connectivity index (χ4n) is 1.15. The molecule has 0 aliphatic heterocycles. The zero-order chi connectivity index (χ0) is 11.1. The molecule has 1 atom stereocenters. The number of amides is 1. The lowest BCUT2D eigenvalue weighted by Gasteiger charge is -2.13. The van der Waals surface area contributed by atoms with Gasteiger partial charge in [0.25, 0.3) is 0 Å². The minimum absolute atomic E-state index is 0.0152. The molecule has 0 fully saturated rings. The lowest BCUT2D eigenvalue weighted by atomic mass is 10.0. The Balaban J connectivity index is 4.16. The number of ketones is 2. The molecule has 4 nitrogen and oxygen atoms in total. The van der Waals surface area contributed by atoms with Crippen LogP contribution in [-0.4, -0.2) is 23.5 Å². The highest BCUT2D eigenvalue weighted by atomic mass is 16.2. The molecule has 0 aromatic carbocycles. The van der Waals surface area contributed by atoms with Crippen LogP contribution in [-0.2, 0) is 14.4 Å². The minimum Gasteiger partial charge on any atom is -0.346 e. The summed E-state index contributed by atoms with van der Waals surface area (Å²) in [4.78, 5) is 33.0. The highest BCUT2D eigenvalue weighted by Gasteiger charge is 2.18. The van der Waals surface area contributed by atoms with E-state index in [0.717, 1.165) is 6.42 Å². The molecule has 1 amide bonds. The summed E-state index contributed by atoms with van der Waals surface area (Å²) in [5.74, 6) is -0.444. The van der Waals surface area contributed by atoms with Gasteiger partial charge in [-0.1, -0.05) is 6.92 Å². The molecule has 0 saturated carbocycles. The van der Waals surface area contributed by atoms with E-state index >= 15 is 0 Å². The van der Waals surface area contributed by atoms with E-state index in [-0.39, 0.29) is 23.9 Å². The fraction of sp³-hybridized carbons (Fsp3) is 0.700. The molecule has 0 radical (unpaired) electrons. The first-order valence-electron chi connectivity index (χ1n) is 4.76. The lowest BCUT2D eigenvalue weighted by Crippen LogP contribution is -2.40. The summed E-state index contributed by atoms with van der Waals surface area (Å²) in [5, 5.41) is 2.46. The van der Waals surface area contributed by atoms with Gasteiger partial charge in [-0.15, -0.1) is 0 Å². The van der Waals surface area contributed by atoms with E-state index in [0.29, 0.717) is 6.42 Å². The number of hydrogen-bond acceptors (Lipinski definition) is 3. The molecule has 0 bridgehead atoms. The standard InChI is InChI=1S/C10H17NO3/c1-4-5-9(14)6-10(7(2)12)11-8(3)13/h10H,4-6H2,1-3H3,(H,11,13). The maximum Gasteiger partial charge on any atom is 0.217 e. The van der Waals surface area contributed by atoms with Crippen molar-refractivity contribution in [2.75, 3.05) is 0 Å². The third kappa shape index (κ3) is 5.45. The molecular formula is C10H17NO3. The van der Waals surface area contributed by atoms with E-state index in [1.807, 2.05) is 6.92 Å². The molecule has 0 aromatic heterocycles. The normalized spacial score (nSPS) is 11.9. The van der Waals surface area contributed by atoms with Gasteiger partial charge in [-0.3, -0.25) is 14.4 Å². The third-order valence-electron chi connectivity index (χ3n) is 1.83. The zero-order valence-electron chi connectivity index (χ0n) is 8.92. The largest absolute Gasteiger partial charge is 0.346 e. The summed E-state index contributed by atoms with van der Waals surface area (Å²) in [7, 11) is 0. The highest BCUT2D eigenvalue weighted by Crippen LogP contribution is 2.00. The Morgan fingerprint density at radius 2 is 1.79 bits per heavy atom. The summed E-state index contributed by atoms with van der Waals surface area (Å²) in [6, 6.07) is -0.647. The molecular weight excluding hydrogens is 182 g/mol. The molecule has 0 rings (SSSR count). The van der Waals surface area contributed by atoms with Gasteiger partial charge in [0.15, 0.2) is 5.78 Å². The second kappa shape index (κ2) is 6.29. The molecule has 4 heteroatoms. The van der Waals surface area contributed by atoms with E-state index in [4.69, 9.17) is 0 Å².